The normalized spacial score (nSPS) is 12.9. The van der Waals surface area contributed by atoms with Crippen LogP contribution in [0.3, 0.4) is 0 Å². The molecule has 0 saturated carbocycles. The van der Waals surface area contributed by atoms with E-state index in [2.05, 4.69) is 79.2 Å². The Morgan fingerprint density at radius 2 is 1.40 bits per heavy atom. The first kappa shape index (κ1) is 32.2. The summed E-state index contributed by atoms with van der Waals surface area (Å²) in [5.41, 5.74) is 8.56. The van der Waals surface area contributed by atoms with Crippen molar-refractivity contribution in [3.8, 4) is 44.8 Å². The second kappa shape index (κ2) is 16.0. The third kappa shape index (κ3) is 7.94. The largest absolute Gasteiger partial charge is 0.305 e. The van der Waals surface area contributed by atoms with E-state index in [0.29, 0.717) is 16.8 Å². The van der Waals surface area contributed by atoms with E-state index in [-0.39, 0.29) is 20.1 Å². The minimum absolute atomic E-state index is 0. The second-order valence-electron chi connectivity index (χ2n) is 13.9. The minimum atomic E-state index is -2.26. The summed E-state index contributed by atoms with van der Waals surface area (Å²) in [6.07, 6.45) is 3.66. The molecule has 8 aromatic rings. The van der Waals surface area contributed by atoms with Gasteiger partial charge >= 0.3 is 0 Å². The molecule has 0 saturated heterocycles. The molecule has 5 aromatic carbocycles. The molecule has 1 radical (unpaired) electrons. The fraction of sp³-hybridized carbons (Fsp3) is 0.149. The zero-order valence-corrected chi connectivity index (χ0v) is 34.1. The molecule has 0 aliphatic carbocycles. The topological polar surface area (TPSA) is 25.8 Å². The third-order valence-corrected chi connectivity index (χ3v) is 12.2. The Balaban J connectivity index is 0.000000217. The van der Waals surface area contributed by atoms with Gasteiger partial charge in [-0.2, -0.15) is 11.3 Å². The van der Waals surface area contributed by atoms with Crippen LogP contribution >= 0.6 is 11.3 Å². The van der Waals surface area contributed by atoms with Gasteiger partial charge in [-0.15, -0.1) is 59.7 Å². The number of aromatic nitrogens is 2. The average Bonchev–Trinajstić information content (AvgIpc) is 3.56. The summed E-state index contributed by atoms with van der Waals surface area (Å²) in [6.45, 7) is 8.53. The van der Waals surface area contributed by atoms with Crippen LogP contribution in [0.25, 0.3) is 64.9 Å². The van der Waals surface area contributed by atoms with Gasteiger partial charge in [0.25, 0.3) is 0 Å². The first-order valence-electron chi connectivity index (χ1n) is 19.2. The summed E-state index contributed by atoms with van der Waals surface area (Å²) in [7, 11) is -1.50. The Kier molecular flexibility index (Phi) is 9.91. The molecule has 52 heavy (non-hydrogen) atoms. The Bertz CT molecular complexity index is 2600. The Labute approximate surface area is 332 Å². The molecular formula is C47H42IrN2SSi-2. The Hall–Kier alpha value is -4.51. The first-order valence-corrected chi connectivity index (χ1v) is 21.5. The maximum atomic E-state index is 8.44. The number of aryl methyl sites for hydroxylation is 1. The second-order valence-corrected chi connectivity index (χ2v) is 20.0. The Morgan fingerprint density at radius 1 is 0.692 bits per heavy atom. The van der Waals surface area contributed by atoms with E-state index in [0.717, 1.165) is 38.0 Å². The fourth-order valence-corrected chi connectivity index (χ4v) is 9.18. The van der Waals surface area contributed by atoms with E-state index in [1.54, 1.807) is 23.6 Å². The maximum absolute atomic E-state index is 8.44. The smallest absolute Gasteiger partial charge is 0.0799 e. The standard InChI is InChI=1S/C30H20NS.C17H22NSi.Ir/c1-20-17-28(31-19-27(20)22-11-6-3-7-12-22)26-14-8-13-25-24-16-15-23(18-29(24)32-30(25)26)21-9-4-2-5-10-21;1-13(2)15-11-16(14-9-7-6-8-10-14)18-12-17(15)19(3,4)5;/h2-13,15-19H,1H3;6-9,11-13H,1-5H3;/q2*-1;/i1D3;13D;. The third-order valence-electron chi connectivity index (χ3n) is 9.02. The van der Waals surface area contributed by atoms with Crippen LogP contribution in [0, 0.1) is 19.0 Å². The van der Waals surface area contributed by atoms with Crippen molar-refractivity contribution in [2.24, 2.45) is 0 Å². The van der Waals surface area contributed by atoms with E-state index in [4.69, 9.17) is 10.5 Å². The Morgan fingerprint density at radius 3 is 2.08 bits per heavy atom. The van der Waals surface area contributed by atoms with Crippen LogP contribution in [0.1, 0.15) is 36.4 Å². The van der Waals surface area contributed by atoms with Gasteiger partial charge in [0.05, 0.1) is 8.07 Å². The van der Waals surface area contributed by atoms with Crippen molar-refractivity contribution >= 4 is 44.8 Å². The van der Waals surface area contributed by atoms with E-state index >= 15 is 0 Å². The number of rotatable bonds is 6. The molecule has 0 aliphatic heterocycles. The molecule has 5 heteroatoms. The van der Waals surface area contributed by atoms with Crippen molar-refractivity contribution < 1.29 is 25.6 Å². The molecule has 2 nitrogen and oxygen atoms in total. The van der Waals surface area contributed by atoms with Crippen LogP contribution in [0.4, 0.5) is 0 Å². The van der Waals surface area contributed by atoms with Crippen LogP contribution in [0.15, 0.2) is 140 Å². The van der Waals surface area contributed by atoms with Crippen molar-refractivity contribution in [3.05, 3.63) is 163 Å². The SMILES string of the molecule is [2H]C(C)(C)c1cc(-c2[c-]cccc2)ncc1[Si](C)(C)C.[2H]C([2H])([2H])c1cc(-c2[c-]ccc3c2sc2cc(-c4ccccc4)ccc23)ncc1-c1ccccc1.[Ir]. The first-order chi connectivity index (χ1) is 26.2. The monoisotopic (exact) mass is 891 g/mol. The van der Waals surface area contributed by atoms with Gasteiger partial charge in [0.15, 0.2) is 0 Å². The summed E-state index contributed by atoms with van der Waals surface area (Å²) >= 11 is 1.69. The van der Waals surface area contributed by atoms with E-state index in [1.165, 1.54) is 26.4 Å². The number of benzene rings is 5. The van der Waals surface area contributed by atoms with Crippen LogP contribution in [0.2, 0.25) is 19.6 Å². The molecule has 0 fully saturated rings. The van der Waals surface area contributed by atoms with Crippen LogP contribution in [-0.2, 0) is 20.1 Å². The maximum Gasteiger partial charge on any atom is 0.0799 e. The van der Waals surface area contributed by atoms with Gasteiger partial charge < -0.3 is 9.97 Å². The van der Waals surface area contributed by atoms with Crippen LogP contribution in [0.5, 0.6) is 0 Å². The van der Waals surface area contributed by atoms with E-state index in [1.807, 2.05) is 98.9 Å². The van der Waals surface area contributed by atoms with E-state index in [9.17, 15) is 0 Å². The van der Waals surface area contributed by atoms with Crippen molar-refractivity contribution in [1.29, 1.82) is 0 Å². The molecule has 0 amide bonds. The van der Waals surface area contributed by atoms with Crippen LogP contribution in [-0.4, -0.2) is 18.0 Å². The molecule has 3 aromatic heterocycles. The molecule has 8 rings (SSSR count). The van der Waals surface area contributed by atoms with Gasteiger partial charge in [-0.1, -0.05) is 129 Å². The van der Waals surface area contributed by atoms with Crippen LogP contribution < -0.4 is 5.19 Å². The van der Waals surface area contributed by atoms with Gasteiger partial charge in [0.2, 0.25) is 0 Å². The van der Waals surface area contributed by atoms with Gasteiger partial charge in [0, 0.05) is 48.2 Å². The summed E-state index contributed by atoms with van der Waals surface area (Å²) in [4.78, 5) is 9.32. The fourth-order valence-electron chi connectivity index (χ4n) is 6.35. The predicted molar refractivity (Wildman–Crippen MR) is 223 cm³/mol. The number of fused-ring (bicyclic) bond motifs is 3. The number of thiophene rings is 1. The van der Waals surface area contributed by atoms with Gasteiger partial charge in [-0.3, -0.25) is 0 Å². The molecule has 0 aliphatic rings. The van der Waals surface area contributed by atoms with Gasteiger partial charge in [0.1, 0.15) is 0 Å². The molecular weight excluding hydrogens is 845 g/mol. The predicted octanol–water partition coefficient (Wildman–Crippen LogP) is 12.8. The molecule has 261 valence electrons. The molecule has 0 N–H and O–H groups in total. The number of nitrogens with zero attached hydrogens (tertiary/aromatic N) is 2. The van der Waals surface area contributed by atoms with Gasteiger partial charge in [-0.25, -0.2) is 0 Å². The quantitative estimate of drug-likeness (QED) is 0.123. The number of hydrogen-bond donors (Lipinski definition) is 0. The molecule has 0 unspecified atom stereocenters. The molecule has 0 bridgehead atoms. The molecule has 0 spiro atoms. The molecule has 0 atom stereocenters. The summed E-state index contributed by atoms with van der Waals surface area (Å²) in [5.74, 6) is -0.609. The number of hydrogen-bond acceptors (Lipinski definition) is 3. The summed E-state index contributed by atoms with van der Waals surface area (Å²) in [6, 6.07) is 48.6. The van der Waals surface area contributed by atoms with Crippen molar-refractivity contribution in [3.63, 3.8) is 0 Å². The van der Waals surface area contributed by atoms with E-state index < -0.39 is 20.8 Å². The minimum Gasteiger partial charge on any atom is -0.305 e. The van der Waals surface area contributed by atoms with Crippen molar-refractivity contribution in [2.75, 3.05) is 0 Å². The zero-order valence-electron chi connectivity index (χ0n) is 33.9. The van der Waals surface area contributed by atoms with Crippen molar-refractivity contribution in [2.45, 2.75) is 46.2 Å². The van der Waals surface area contributed by atoms with Gasteiger partial charge in [-0.05, 0) is 67.7 Å². The molecule has 3 heterocycles. The van der Waals surface area contributed by atoms with Crippen molar-refractivity contribution in [1.82, 2.24) is 9.97 Å². The average molecular weight is 891 g/mol. The summed E-state index contributed by atoms with van der Waals surface area (Å²) < 4.78 is 35.2. The summed E-state index contributed by atoms with van der Waals surface area (Å²) in [5, 5.41) is 3.58. The zero-order chi connectivity index (χ0) is 39.0. The number of pyridine rings is 2.